The second-order valence-electron chi connectivity index (χ2n) is 5.54. The molecule has 0 aromatic heterocycles. The molecule has 1 heterocycles. The summed E-state index contributed by atoms with van der Waals surface area (Å²) >= 11 is 0. The van der Waals surface area contributed by atoms with E-state index in [1.54, 1.807) is 0 Å². The van der Waals surface area contributed by atoms with Crippen LogP contribution in [0.1, 0.15) is 19.8 Å². The number of nitrogens with zero attached hydrogens (tertiary/aromatic N) is 2. The van der Waals surface area contributed by atoms with E-state index in [0.717, 1.165) is 37.5 Å². The van der Waals surface area contributed by atoms with E-state index < -0.39 is 0 Å². The highest BCUT2D eigenvalue weighted by Gasteiger charge is 2.22. The first-order chi connectivity index (χ1) is 9.70. The minimum Gasteiger partial charge on any atom is -0.395 e. The van der Waals surface area contributed by atoms with Gasteiger partial charge in [-0.3, -0.25) is 4.79 Å². The summed E-state index contributed by atoms with van der Waals surface area (Å²) < 4.78 is 0. The Morgan fingerprint density at radius 2 is 1.95 bits per heavy atom. The Morgan fingerprint density at radius 1 is 1.30 bits per heavy atom. The molecule has 0 unspecified atom stereocenters. The molecule has 0 atom stereocenters. The number of carbonyl (C=O) groups excluding carboxylic acids is 1. The number of hydrogen-bond donors (Lipinski definition) is 1. The summed E-state index contributed by atoms with van der Waals surface area (Å²) in [6.07, 6.45) is 2.19. The second-order valence-corrected chi connectivity index (χ2v) is 5.54. The number of anilines is 1. The largest absolute Gasteiger partial charge is 0.395 e. The van der Waals surface area contributed by atoms with Crippen molar-refractivity contribution in [2.24, 2.45) is 5.92 Å². The molecule has 2 rings (SSSR count). The molecule has 0 saturated carbocycles. The van der Waals surface area contributed by atoms with Crippen molar-refractivity contribution in [3.05, 3.63) is 30.3 Å². The Morgan fingerprint density at radius 3 is 2.55 bits per heavy atom. The van der Waals surface area contributed by atoms with Gasteiger partial charge in [0.05, 0.1) is 13.2 Å². The topological polar surface area (TPSA) is 43.8 Å². The first kappa shape index (κ1) is 14.9. The molecule has 0 spiro atoms. The lowest BCUT2D eigenvalue weighted by atomic mass is 9.99. The van der Waals surface area contributed by atoms with Crippen molar-refractivity contribution < 1.29 is 9.90 Å². The van der Waals surface area contributed by atoms with Crippen molar-refractivity contribution >= 4 is 11.6 Å². The normalized spacial score (nSPS) is 16.2. The van der Waals surface area contributed by atoms with Crippen molar-refractivity contribution in [2.45, 2.75) is 19.8 Å². The van der Waals surface area contributed by atoms with Crippen LogP contribution >= 0.6 is 0 Å². The van der Waals surface area contributed by atoms with Crippen LogP contribution in [-0.4, -0.2) is 48.7 Å². The number of carbonyl (C=O) groups is 1. The van der Waals surface area contributed by atoms with Crippen LogP contribution in [0.5, 0.6) is 0 Å². The summed E-state index contributed by atoms with van der Waals surface area (Å²) in [5.41, 5.74) is 0.986. The van der Waals surface area contributed by atoms with Gasteiger partial charge in [0.15, 0.2) is 0 Å². The van der Waals surface area contributed by atoms with E-state index >= 15 is 0 Å². The van der Waals surface area contributed by atoms with E-state index in [4.69, 9.17) is 0 Å². The maximum absolute atomic E-state index is 12.4. The molecule has 1 saturated heterocycles. The lowest BCUT2D eigenvalue weighted by molar-refractivity contribution is -0.131. The summed E-state index contributed by atoms with van der Waals surface area (Å²) in [5.74, 6) is 0.885. The van der Waals surface area contributed by atoms with Gasteiger partial charge in [-0.25, -0.2) is 0 Å². The number of likely N-dealkylation sites (tertiary alicyclic amines) is 1. The summed E-state index contributed by atoms with van der Waals surface area (Å²) in [6, 6.07) is 9.80. The van der Waals surface area contributed by atoms with Crippen molar-refractivity contribution in [1.82, 2.24) is 4.90 Å². The van der Waals surface area contributed by atoms with Crippen LogP contribution in [0.4, 0.5) is 5.69 Å². The average Bonchev–Trinajstić information content (AvgIpc) is 2.48. The van der Waals surface area contributed by atoms with Crippen molar-refractivity contribution in [3.8, 4) is 0 Å². The molecular formula is C16H24N2O2. The van der Waals surface area contributed by atoms with Gasteiger partial charge in [-0.15, -0.1) is 0 Å². The zero-order chi connectivity index (χ0) is 14.4. The van der Waals surface area contributed by atoms with Gasteiger partial charge in [-0.2, -0.15) is 0 Å². The average molecular weight is 276 g/mol. The Hall–Kier alpha value is -1.55. The molecule has 0 radical (unpaired) electrons. The molecule has 1 aromatic rings. The molecule has 1 amide bonds. The number of benzene rings is 1. The van der Waals surface area contributed by atoms with Gasteiger partial charge in [0.25, 0.3) is 0 Å². The predicted molar refractivity (Wildman–Crippen MR) is 80.7 cm³/mol. The fraction of sp³-hybridized carbons (Fsp3) is 0.562. The third-order valence-corrected chi connectivity index (χ3v) is 3.95. The number of hydrogen-bond acceptors (Lipinski definition) is 3. The molecule has 20 heavy (non-hydrogen) atoms. The number of para-hydroxylation sites is 1. The van der Waals surface area contributed by atoms with Gasteiger partial charge in [0.1, 0.15) is 0 Å². The van der Waals surface area contributed by atoms with Crippen LogP contribution in [0.2, 0.25) is 0 Å². The maximum Gasteiger partial charge on any atom is 0.242 e. The van der Waals surface area contributed by atoms with Crippen molar-refractivity contribution in [2.75, 3.05) is 37.7 Å². The molecule has 1 aliphatic rings. The highest BCUT2D eigenvalue weighted by Crippen LogP contribution is 2.17. The van der Waals surface area contributed by atoms with Gasteiger partial charge in [-0.1, -0.05) is 25.1 Å². The Labute approximate surface area is 121 Å². The summed E-state index contributed by atoms with van der Waals surface area (Å²) in [5, 5.41) is 9.19. The summed E-state index contributed by atoms with van der Waals surface area (Å²) in [4.78, 5) is 16.3. The van der Waals surface area contributed by atoms with Crippen molar-refractivity contribution in [3.63, 3.8) is 0 Å². The van der Waals surface area contributed by atoms with E-state index in [9.17, 15) is 9.90 Å². The molecular weight excluding hydrogens is 252 g/mol. The zero-order valence-corrected chi connectivity index (χ0v) is 12.2. The molecule has 1 N–H and O–H groups in total. The SMILES string of the molecule is CC1CCN(C(=O)CN(CCO)c2ccccc2)CC1. The lowest BCUT2D eigenvalue weighted by Crippen LogP contribution is -2.44. The zero-order valence-electron chi connectivity index (χ0n) is 12.2. The van der Waals surface area contributed by atoms with Gasteiger partial charge in [0, 0.05) is 25.3 Å². The van der Waals surface area contributed by atoms with Gasteiger partial charge < -0.3 is 14.9 Å². The number of rotatable bonds is 5. The second kappa shape index (κ2) is 7.29. The summed E-state index contributed by atoms with van der Waals surface area (Å²) in [6.45, 7) is 4.85. The quantitative estimate of drug-likeness (QED) is 0.891. The molecule has 0 aliphatic carbocycles. The third-order valence-electron chi connectivity index (χ3n) is 3.95. The van der Waals surface area contributed by atoms with Crippen LogP contribution < -0.4 is 4.90 Å². The smallest absolute Gasteiger partial charge is 0.242 e. The number of aliphatic hydroxyl groups is 1. The first-order valence-corrected chi connectivity index (χ1v) is 7.39. The monoisotopic (exact) mass is 276 g/mol. The fourth-order valence-electron chi connectivity index (χ4n) is 2.58. The molecule has 110 valence electrons. The van der Waals surface area contributed by atoms with Crippen LogP contribution in [0.25, 0.3) is 0 Å². The Balaban J connectivity index is 1.96. The van der Waals surface area contributed by atoms with Crippen LogP contribution in [0.15, 0.2) is 30.3 Å². The van der Waals surface area contributed by atoms with E-state index in [1.165, 1.54) is 0 Å². The number of amides is 1. The van der Waals surface area contributed by atoms with Gasteiger partial charge in [-0.05, 0) is 30.9 Å². The predicted octanol–water partition coefficient (Wildman–Crippen LogP) is 1.74. The van der Waals surface area contributed by atoms with E-state index in [1.807, 2.05) is 40.1 Å². The third kappa shape index (κ3) is 3.97. The van der Waals surface area contributed by atoms with Crippen LogP contribution in [-0.2, 0) is 4.79 Å². The van der Waals surface area contributed by atoms with E-state index in [2.05, 4.69) is 6.92 Å². The minimum atomic E-state index is 0.0548. The standard InChI is InChI=1S/C16H24N2O2/c1-14-7-9-17(10-8-14)16(20)13-18(11-12-19)15-5-3-2-4-6-15/h2-6,14,19H,7-13H2,1H3. The summed E-state index contributed by atoms with van der Waals surface area (Å²) in [7, 11) is 0. The highest BCUT2D eigenvalue weighted by molar-refractivity contribution is 5.81. The lowest BCUT2D eigenvalue weighted by Gasteiger charge is -2.33. The fourth-order valence-corrected chi connectivity index (χ4v) is 2.58. The highest BCUT2D eigenvalue weighted by atomic mass is 16.3. The van der Waals surface area contributed by atoms with Crippen molar-refractivity contribution in [1.29, 1.82) is 0 Å². The van der Waals surface area contributed by atoms with Gasteiger partial charge >= 0.3 is 0 Å². The molecule has 0 bridgehead atoms. The minimum absolute atomic E-state index is 0.0548. The van der Waals surface area contributed by atoms with Crippen LogP contribution in [0, 0.1) is 5.92 Å². The maximum atomic E-state index is 12.4. The molecule has 1 aromatic carbocycles. The molecule has 1 aliphatic heterocycles. The Bertz CT molecular complexity index is 414. The molecule has 1 fully saturated rings. The molecule has 4 nitrogen and oxygen atoms in total. The molecule has 4 heteroatoms. The van der Waals surface area contributed by atoms with E-state index in [-0.39, 0.29) is 12.5 Å². The number of aliphatic hydroxyl groups excluding tert-OH is 1. The number of piperidine rings is 1. The van der Waals surface area contributed by atoms with Gasteiger partial charge in [0.2, 0.25) is 5.91 Å². The van der Waals surface area contributed by atoms with E-state index in [0.29, 0.717) is 13.1 Å². The Kier molecular flexibility index (Phi) is 5.41. The van der Waals surface area contributed by atoms with Crippen LogP contribution in [0.3, 0.4) is 0 Å². The first-order valence-electron chi connectivity index (χ1n) is 7.39.